The fourth-order valence-corrected chi connectivity index (χ4v) is 0.876. The van der Waals surface area contributed by atoms with E-state index in [4.69, 9.17) is 15.9 Å². The Kier molecular flexibility index (Phi) is 6.77. The maximum atomic E-state index is 10.5. The molecule has 0 aliphatic carbocycles. The molecule has 0 saturated carbocycles. The Morgan fingerprint density at radius 1 is 1.50 bits per heavy atom. The van der Waals surface area contributed by atoms with E-state index in [9.17, 15) is 14.7 Å². The first-order chi connectivity index (χ1) is 7.43. The molecular formula is C8H15NO7. The second-order valence-electron chi connectivity index (χ2n) is 3.09. The molecule has 0 spiro atoms. The van der Waals surface area contributed by atoms with Gasteiger partial charge in [-0.3, -0.25) is 4.89 Å². The lowest BCUT2D eigenvalue weighted by Crippen LogP contribution is -2.51. The molecule has 0 rings (SSSR count). The second kappa shape index (κ2) is 7.25. The lowest BCUT2D eigenvalue weighted by Gasteiger charge is -2.25. The van der Waals surface area contributed by atoms with Crippen LogP contribution in [0.4, 0.5) is 0 Å². The molecule has 5 N–H and O–H groups in total. The third-order valence-corrected chi connectivity index (χ3v) is 1.73. The van der Waals surface area contributed by atoms with Crippen LogP contribution in [0.2, 0.25) is 0 Å². The molecule has 4 atom stereocenters. The number of hydrogen-bond acceptors (Lipinski definition) is 8. The molecule has 8 nitrogen and oxygen atoms in total. The minimum atomic E-state index is -1.66. The Labute approximate surface area is 91.5 Å². The van der Waals surface area contributed by atoms with Crippen LogP contribution in [0.5, 0.6) is 0 Å². The lowest BCUT2D eigenvalue weighted by atomic mass is 10.0. The fraction of sp³-hybridized carbons (Fsp3) is 0.750. The van der Waals surface area contributed by atoms with Crippen molar-refractivity contribution in [3.8, 4) is 0 Å². The SMILES string of the molecule is CC(=O)OO[C@@H]([C@H](O)[C@H](O)CO)[C@@H](N)C=O. The Hall–Kier alpha value is -1.06. The number of nitrogens with two attached hydrogens (primary N) is 1. The number of carbonyl (C=O) groups is 2. The van der Waals surface area contributed by atoms with Gasteiger partial charge < -0.3 is 25.8 Å². The smallest absolute Gasteiger partial charge is 0.339 e. The van der Waals surface area contributed by atoms with Gasteiger partial charge in [-0.1, -0.05) is 0 Å². The summed E-state index contributed by atoms with van der Waals surface area (Å²) in [5, 5.41) is 27.1. The number of carbonyl (C=O) groups excluding carboxylic acids is 2. The summed E-state index contributed by atoms with van der Waals surface area (Å²) >= 11 is 0. The molecule has 0 heterocycles. The van der Waals surface area contributed by atoms with Crippen molar-refractivity contribution in [1.82, 2.24) is 0 Å². The molecule has 8 heteroatoms. The van der Waals surface area contributed by atoms with Crippen LogP contribution in [-0.2, 0) is 19.4 Å². The maximum absolute atomic E-state index is 10.5. The average Bonchev–Trinajstić information content (AvgIpc) is 2.26. The normalized spacial score (nSPS) is 18.3. The minimum Gasteiger partial charge on any atom is -0.394 e. The van der Waals surface area contributed by atoms with Crippen molar-refractivity contribution in [3.63, 3.8) is 0 Å². The summed E-state index contributed by atoms with van der Waals surface area (Å²) in [5.74, 6) is -0.811. The first-order valence-electron chi connectivity index (χ1n) is 4.45. The number of aliphatic hydroxyl groups is 3. The maximum Gasteiger partial charge on any atom is 0.339 e. The highest BCUT2D eigenvalue weighted by molar-refractivity contribution is 5.65. The zero-order valence-corrected chi connectivity index (χ0v) is 8.65. The largest absolute Gasteiger partial charge is 0.394 e. The molecule has 0 radical (unpaired) electrons. The summed E-state index contributed by atoms with van der Waals surface area (Å²) in [6.45, 7) is 0.283. The molecule has 16 heavy (non-hydrogen) atoms. The summed E-state index contributed by atoms with van der Waals surface area (Å²) in [6, 6.07) is -1.31. The molecule has 0 aromatic carbocycles. The van der Waals surface area contributed by atoms with Gasteiger partial charge in [-0.25, -0.2) is 4.79 Å². The van der Waals surface area contributed by atoms with E-state index in [2.05, 4.69) is 9.78 Å². The van der Waals surface area contributed by atoms with Crippen molar-refractivity contribution < 1.29 is 34.7 Å². The van der Waals surface area contributed by atoms with Crippen molar-refractivity contribution in [2.24, 2.45) is 5.73 Å². The van der Waals surface area contributed by atoms with E-state index in [1.807, 2.05) is 0 Å². The van der Waals surface area contributed by atoms with Crippen molar-refractivity contribution >= 4 is 12.3 Å². The summed E-state index contributed by atoms with van der Waals surface area (Å²) in [7, 11) is 0. The molecule has 0 aliphatic rings. The van der Waals surface area contributed by atoms with Gasteiger partial charge in [0.1, 0.15) is 18.5 Å². The monoisotopic (exact) mass is 237 g/mol. The van der Waals surface area contributed by atoms with E-state index >= 15 is 0 Å². The van der Waals surface area contributed by atoms with E-state index in [0.717, 1.165) is 6.92 Å². The van der Waals surface area contributed by atoms with Crippen molar-refractivity contribution in [2.75, 3.05) is 6.61 Å². The summed E-state index contributed by atoms with van der Waals surface area (Å²) in [4.78, 5) is 29.4. The van der Waals surface area contributed by atoms with E-state index < -0.39 is 36.9 Å². The highest BCUT2D eigenvalue weighted by Crippen LogP contribution is 2.08. The van der Waals surface area contributed by atoms with Gasteiger partial charge in [0, 0.05) is 6.92 Å². The van der Waals surface area contributed by atoms with Crippen molar-refractivity contribution in [3.05, 3.63) is 0 Å². The predicted octanol–water partition coefficient (Wildman–Crippen LogP) is -2.91. The van der Waals surface area contributed by atoms with E-state index in [0.29, 0.717) is 0 Å². The third kappa shape index (κ3) is 4.64. The zero-order valence-electron chi connectivity index (χ0n) is 8.65. The molecule has 0 fully saturated rings. The van der Waals surface area contributed by atoms with Gasteiger partial charge in [0.15, 0.2) is 6.10 Å². The third-order valence-electron chi connectivity index (χ3n) is 1.73. The second-order valence-corrected chi connectivity index (χ2v) is 3.09. The molecule has 0 unspecified atom stereocenters. The quantitative estimate of drug-likeness (QED) is 0.210. The van der Waals surface area contributed by atoms with Crippen LogP contribution < -0.4 is 5.73 Å². The van der Waals surface area contributed by atoms with Crippen LogP contribution in [-0.4, -0.2) is 58.5 Å². The number of aldehydes is 1. The topological polar surface area (TPSA) is 139 Å². The highest BCUT2D eigenvalue weighted by atomic mass is 17.2. The van der Waals surface area contributed by atoms with Crippen LogP contribution in [0.1, 0.15) is 6.92 Å². The molecule has 0 bridgehead atoms. The molecule has 0 amide bonds. The highest BCUT2D eigenvalue weighted by Gasteiger charge is 2.33. The van der Waals surface area contributed by atoms with Crippen molar-refractivity contribution in [2.45, 2.75) is 31.3 Å². The predicted molar refractivity (Wildman–Crippen MR) is 49.8 cm³/mol. The van der Waals surface area contributed by atoms with Gasteiger partial charge in [-0.2, -0.15) is 4.89 Å². The van der Waals surface area contributed by atoms with Crippen molar-refractivity contribution in [1.29, 1.82) is 0 Å². The molecule has 0 saturated heterocycles. The molecule has 0 aliphatic heterocycles. The lowest BCUT2D eigenvalue weighted by molar-refractivity contribution is -0.317. The van der Waals surface area contributed by atoms with Gasteiger partial charge in [0.05, 0.1) is 12.6 Å². The Balaban J connectivity index is 4.52. The number of aliphatic hydroxyl groups excluding tert-OH is 3. The molecule has 0 aromatic rings. The van der Waals surface area contributed by atoms with Crippen LogP contribution in [0.3, 0.4) is 0 Å². The van der Waals surface area contributed by atoms with Gasteiger partial charge in [0.25, 0.3) is 0 Å². The molecule has 0 aromatic heterocycles. The fourth-order valence-electron chi connectivity index (χ4n) is 0.876. The van der Waals surface area contributed by atoms with Gasteiger partial charge in [0.2, 0.25) is 0 Å². The van der Waals surface area contributed by atoms with Gasteiger partial charge >= 0.3 is 5.97 Å². The molecule has 94 valence electrons. The van der Waals surface area contributed by atoms with Crippen LogP contribution in [0, 0.1) is 0 Å². The molecular weight excluding hydrogens is 222 g/mol. The van der Waals surface area contributed by atoms with Crippen LogP contribution >= 0.6 is 0 Å². The number of hydrogen-bond donors (Lipinski definition) is 4. The first-order valence-corrected chi connectivity index (χ1v) is 4.45. The Bertz CT molecular complexity index is 234. The van der Waals surface area contributed by atoms with E-state index in [1.165, 1.54) is 0 Å². The standard InChI is InChI=1S/C8H15NO7/c1-4(12)15-16-8(5(9)2-10)7(14)6(13)3-11/h2,5-8,11,13-14H,3,9H2,1H3/t5-,6+,7+,8+/m0/s1. The summed E-state index contributed by atoms with van der Waals surface area (Å²) in [5.41, 5.74) is 5.26. The van der Waals surface area contributed by atoms with Crippen LogP contribution in [0.15, 0.2) is 0 Å². The van der Waals surface area contributed by atoms with Gasteiger partial charge in [-0.15, -0.1) is 0 Å². The summed E-state index contributed by atoms with van der Waals surface area (Å²) in [6.07, 6.45) is -4.43. The zero-order chi connectivity index (χ0) is 12.7. The first kappa shape index (κ1) is 14.9. The number of rotatable bonds is 7. The summed E-state index contributed by atoms with van der Waals surface area (Å²) < 4.78 is 0. The minimum absolute atomic E-state index is 0.251. The Morgan fingerprint density at radius 2 is 2.06 bits per heavy atom. The Morgan fingerprint density at radius 3 is 2.44 bits per heavy atom. The van der Waals surface area contributed by atoms with E-state index in [-0.39, 0.29) is 6.29 Å². The van der Waals surface area contributed by atoms with Gasteiger partial charge in [-0.05, 0) is 0 Å². The van der Waals surface area contributed by atoms with Crippen LogP contribution in [0.25, 0.3) is 0 Å². The average molecular weight is 237 g/mol. The van der Waals surface area contributed by atoms with E-state index in [1.54, 1.807) is 0 Å².